The summed E-state index contributed by atoms with van der Waals surface area (Å²) in [5.74, 6) is 1.21. The van der Waals surface area contributed by atoms with Crippen LogP contribution in [0.3, 0.4) is 0 Å². The van der Waals surface area contributed by atoms with Crippen molar-refractivity contribution in [2.24, 2.45) is 0 Å². The number of nitrogens with zero attached hydrogens (tertiary/aromatic N) is 2. The van der Waals surface area contributed by atoms with Crippen molar-refractivity contribution >= 4 is 34.7 Å². The highest BCUT2D eigenvalue weighted by molar-refractivity contribution is 8.00. The molecule has 1 unspecified atom stereocenters. The summed E-state index contributed by atoms with van der Waals surface area (Å²) in [7, 11) is 1.57. The number of thioether (sulfide) groups is 1. The molecule has 0 aliphatic carbocycles. The molecule has 8 heteroatoms. The van der Waals surface area contributed by atoms with Crippen molar-refractivity contribution in [3.63, 3.8) is 0 Å². The minimum absolute atomic E-state index is 0.132. The minimum atomic E-state index is -0.345. The number of hydrogen-bond donors (Lipinski definition) is 2. The van der Waals surface area contributed by atoms with E-state index < -0.39 is 0 Å². The van der Waals surface area contributed by atoms with Crippen molar-refractivity contribution in [3.8, 4) is 16.5 Å². The van der Waals surface area contributed by atoms with Crippen LogP contribution in [0, 0.1) is 0 Å². The summed E-state index contributed by atoms with van der Waals surface area (Å²) in [4.78, 5) is 17.8. The van der Waals surface area contributed by atoms with E-state index in [2.05, 4.69) is 20.5 Å². The van der Waals surface area contributed by atoms with Crippen molar-refractivity contribution in [3.05, 3.63) is 41.8 Å². The second-order valence-corrected chi connectivity index (χ2v) is 7.15. The van der Waals surface area contributed by atoms with Gasteiger partial charge in [0.1, 0.15) is 5.75 Å². The normalized spacial score (nSPS) is 11.9. The molecule has 0 saturated carbocycles. The molecule has 2 N–H and O–H groups in total. The minimum Gasteiger partial charge on any atom is -0.495 e. The van der Waals surface area contributed by atoms with Gasteiger partial charge in [0.2, 0.25) is 11.1 Å². The van der Waals surface area contributed by atoms with Gasteiger partial charge in [-0.05, 0) is 30.5 Å². The number of nitrogens with one attached hydrogen (secondary N) is 2. The van der Waals surface area contributed by atoms with Crippen LogP contribution in [0.25, 0.3) is 10.7 Å². The van der Waals surface area contributed by atoms with Gasteiger partial charge in [0.05, 0.1) is 22.9 Å². The molecule has 1 atom stereocenters. The molecule has 0 bridgehead atoms. The number of H-pyrrole nitrogens is 1. The number of ether oxygens (including phenoxy) is 1. The van der Waals surface area contributed by atoms with Gasteiger partial charge in [0, 0.05) is 0 Å². The Morgan fingerprint density at radius 1 is 1.33 bits per heavy atom. The largest absolute Gasteiger partial charge is 0.495 e. The fraction of sp³-hybridized carbons (Fsp3) is 0.188. The van der Waals surface area contributed by atoms with Crippen molar-refractivity contribution < 1.29 is 9.53 Å². The Labute approximate surface area is 147 Å². The summed E-state index contributed by atoms with van der Waals surface area (Å²) < 4.78 is 5.24. The van der Waals surface area contributed by atoms with Gasteiger partial charge in [-0.1, -0.05) is 30.0 Å². The van der Waals surface area contributed by atoms with Crippen molar-refractivity contribution in [1.29, 1.82) is 0 Å². The first-order valence-corrected chi connectivity index (χ1v) is 9.00. The summed E-state index contributed by atoms with van der Waals surface area (Å²) in [6.07, 6.45) is 0. The Morgan fingerprint density at radius 2 is 2.17 bits per heavy atom. The molecule has 2 heterocycles. The van der Waals surface area contributed by atoms with Gasteiger partial charge < -0.3 is 10.1 Å². The van der Waals surface area contributed by atoms with Crippen LogP contribution in [0.5, 0.6) is 5.75 Å². The van der Waals surface area contributed by atoms with Gasteiger partial charge in [-0.3, -0.25) is 9.89 Å². The van der Waals surface area contributed by atoms with Crippen LogP contribution in [0.2, 0.25) is 0 Å². The van der Waals surface area contributed by atoms with Crippen LogP contribution in [-0.4, -0.2) is 33.4 Å². The Bertz CT molecular complexity index is 817. The molecular weight excluding hydrogens is 344 g/mol. The van der Waals surface area contributed by atoms with Gasteiger partial charge in [0.25, 0.3) is 0 Å². The van der Waals surface area contributed by atoms with Crippen LogP contribution in [0.15, 0.2) is 46.9 Å². The zero-order valence-electron chi connectivity index (χ0n) is 13.1. The number of thiophene rings is 1. The molecule has 2 aromatic heterocycles. The fourth-order valence-electron chi connectivity index (χ4n) is 2.02. The maximum Gasteiger partial charge on any atom is 0.237 e. The van der Waals surface area contributed by atoms with Gasteiger partial charge in [-0.2, -0.15) is 0 Å². The molecule has 0 aliphatic heterocycles. The Balaban J connectivity index is 1.64. The Hall–Kier alpha value is -2.32. The predicted octanol–water partition coefficient (Wildman–Crippen LogP) is 3.66. The number of aromatic amines is 1. The quantitative estimate of drug-likeness (QED) is 0.656. The molecule has 6 nitrogen and oxygen atoms in total. The molecule has 3 rings (SSSR count). The first-order chi connectivity index (χ1) is 11.7. The first-order valence-electron chi connectivity index (χ1n) is 7.24. The van der Waals surface area contributed by atoms with Crippen molar-refractivity contribution in [2.75, 3.05) is 12.4 Å². The topological polar surface area (TPSA) is 79.9 Å². The number of amides is 1. The van der Waals surface area contributed by atoms with E-state index in [9.17, 15) is 4.79 Å². The van der Waals surface area contributed by atoms with E-state index in [-0.39, 0.29) is 11.2 Å². The lowest BCUT2D eigenvalue weighted by atomic mass is 10.3. The number of methoxy groups -OCH3 is 1. The molecule has 0 radical (unpaired) electrons. The number of aromatic nitrogens is 3. The van der Waals surface area contributed by atoms with E-state index >= 15 is 0 Å². The van der Waals surface area contributed by atoms with Crippen LogP contribution in [-0.2, 0) is 4.79 Å². The zero-order chi connectivity index (χ0) is 16.9. The average molecular weight is 360 g/mol. The molecule has 124 valence electrons. The van der Waals surface area contributed by atoms with E-state index in [0.29, 0.717) is 22.4 Å². The van der Waals surface area contributed by atoms with E-state index in [0.717, 1.165) is 4.88 Å². The molecule has 1 aromatic carbocycles. The number of hydrogen-bond acceptors (Lipinski definition) is 6. The summed E-state index contributed by atoms with van der Waals surface area (Å²) in [6, 6.07) is 11.2. The SMILES string of the molecule is COc1ccccc1NC(=O)C(C)Sc1n[nH]c(-c2cccs2)n1. The molecule has 0 spiro atoms. The molecule has 3 aromatic rings. The van der Waals surface area contributed by atoms with Crippen LogP contribution in [0.4, 0.5) is 5.69 Å². The number of carbonyl (C=O) groups is 1. The molecule has 0 fully saturated rings. The summed E-state index contributed by atoms with van der Waals surface area (Å²) in [5.41, 5.74) is 0.645. The smallest absolute Gasteiger partial charge is 0.237 e. The molecular formula is C16H16N4O2S2. The third-order valence-corrected chi connectivity index (χ3v) is 5.07. The monoisotopic (exact) mass is 360 g/mol. The highest BCUT2D eigenvalue weighted by Gasteiger charge is 2.19. The van der Waals surface area contributed by atoms with Crippen LogP contribution in [0.1, 0.15) is 6.92 Å². The van der Waals surface area contributed by atoms with Gasteiger partial charge in [-0.15, -0.1) is 16.4 Å². The first kappa shape index (κ1) is 16.5. The highest BCUT2D eigenvalue weighted by atomic mass is 32.2. The molecule has 24 heavy (non-hydrogen) atoms. The molecule has 0 aliphatic rings. The van der Waals surface area contributed by atoms with Crippen LogP contribution < -0.4 is 10.1 Å². The number of carbonyl (C=O) groups excluding carboxylic acids is 1. The summed E-state index contributed by atoms with van der Waals surface area (Å²) >= 11 is 2.89. The van der Waals surface area contributed by atoms with Gasteiger partial charge in [0.15, 0.2) is 5.82 Å². The third-order valence-electron chi connectivity index (χ3n) is 3.24. The predicted molar refractivity (Wildman–Crippen MR) is 96.6 cm³/mol. The second-order valence-electron chi connectivity index (χ2n) is 4.89. The van der Waals surface area contributed by atoms with Gasteiger partial charge >= 0.3 is 0 Å². The lowest BCUT2D eigenvalue weighted by Gasteiger charge is -2.12. The number of anilines is 1. The fourth-order valence-corrected chi connectivity index (χ4v) is 3.40. The standard InChI is InChI=1S/C16H16N4O2S2/c1-10(15(21)17-11-6-3-4-7-12(11)22-2)24-16-18-14(19-20-16)13-8-5-9-23-13/h3-10H,1-2H3,(H,17,21)(H,18,19,20). The third kappa shape index (κ3) is 3.77. The molecule has 0 saturated heterocycles. The summed E-state index contributed by atoms with van der Waals surface area (Å²) in [6.45, 7) is 1.82. The van der Waals surface area contributed by atoms with E-state index in [1.807, 2.05) is 36.6 Å². The van der Waals surface area contributed by atoms with E-state index in [1.54, 1.807) is 30.6 Å². The Morgan fingerprint density at radius 3 is 2.92 bits per heavy atom. The molecule has 1 amide bonds. The summed E-state index contributed by atoms with van der Waals surface area (Å²) in [5, 5.41) is 12.1. The number of benzene rings is 1. The number of para-hydroxylation sites is 2. The maximum atomic E-state index is 12.4. The lowest BCUT2D eigenvalue weighted by Crippen LogP contribution is -2.22. The van der Waals surface area contributed by atoms with Gasteiger partial charge in [-0.25, -0.2) is 4.98 Å². The number of rotatable bonds is 6. The van der Waals surface area contributed by atoms with E-state index in [4.69, 9.17) is 4.74 Å². The maximum absolute atomic E-state index is 12.4. The van der Waals surface area contributed by atoms with E-state index in [1.165, 1.54) is 11.8 Å². The van der Waals surface area contributed by atoms with Crippen molar-refractivity contribution in [2.45, 2.75) is 17.3 Å². The lowest BCUT2D eigenvalue weighted by molar-refractivity contribution is -0.115. The zero-order valence-corrected chi connectivity index (χ0v) is 14.8. The Kier molecular flexibility index (Phi) is 5.17. The highest BCUT2D eigenvalue weighted by Crippen LogP contribution is 2.27. The van der Waals surface area contributed by atoms with Crippen molar-refractivity contribution in [1.82, 2.24) is 15.2 Å². The average Bonchev–Trinajstić information content (AvgIpc) is 3.26. The van der Waals surface area contributed by atoms with Crippen LogP contribution >= 0.6 is 23.1 Å². The second kappa shape index (κ2) is 7.50.